The predicted molar refractivity (Wildman–Crippen MR) is 86.1 cm³/mol. The summed E-state index contributed by atoms with van der Waals surface area (Å²) in [6, 6.07) is 10.6. The molecule has 2 aromatic carbocycles. The van der Waals surface area contributed by atoms with E-state index in [1.807, 2.05) is 12.1 Å². The maximum atomic E-state index is 12.9. The van der Waals surface area contributed by atoms with Gasteiger partial charge in [0, 0.05) is 18.0 Å². The molecule has 0 atom stereocenters. The van der Waals surface area contributed by atoms with Crippen LogP contribution < -0.4 is 0 Å². The summed E-state index contributed by atoms with van der Waals surface area (Å²) in [6.45, 7) is 0.144. The number of aliphatic hydroxyl groups excluding tert-OH is 1. The van der Waals surface area contributed by atoms with Crippen molar-refractivity contribution in [1.82, 2.24) is 9.55 Å². The Morgan fingerprint density at radius 2 is 1.79 bits per heavy atom. The average molecular weight is 355 g/mol. The summed E-state index contributed by atoms with van der Waals surface area (Å²) in [5, 5.41) is 9.87. The van der Waals surface area contributed by atoms with Gasteiger partial charge in [0.05, 0.1) is 23.2 Å². The first-order valence-electron chi connectivity index (χ1n) is 7.30. The van der Waals surface area contributed by atoms with E-state index >= 15 is 0 Å². The van der Waals surface area contributed by atoms with E-state index in [0.29, 0.717) is 22.8 Å². The molecule has 0 amide bonds. The van der Waals surface area contributed by atoms with Gasteiger partial charge < -0.3 is 9.67 Å². The molecule has 1 N–H and O–H groups in total. The van der Waals surface area contributed by atoms with Crippen molar-refractivity contribution in [3.05, 3.63) is 64.4 Å². The Bertz CT molecular complexity index is 857. The van der Waals surface area contributed by atoms with Crippen LogP contribution in [0.2, 0.25) is 5.02 Å². The lowest BCUT2D eigenvalue weighted by Crippen LogP contribution is -2.08. The highest BCUT2D eigenvalue weighted by molar-refractivity contribution is 6.30. The van der Waals surface area contributed by atoms with E-state index in [4.69, 9.17) is 11.6 Å². The number of rotatable bonds is 4. The molecule has 0 radical (unpaired) electrons. The standard InChI is InChI=1S/C17H14ClF3N2O/c18-13-4-1-11(2-5-13)9-16-22-14-10-12(17(19,20)21)3-6-15(14)23(16)7-8-24/h1-6,10,24H,7-9H2. The highest BCUT2D eigenvalue weighted by Crippen LogP contribution is 2.31. The molecule has 0 aliphatic heterocycles. The average Bonchev–Trinajstić information content (AvgIpc) is 2.86. The molecule has 0 aliphatic rings. The topological polar surface area (TPSA) is 38.0 Å². The monoisotopic (exact) mass is 354 g/mol. The third-order valence-corrected chi connectivity index (χ3v) is 4.01. The van der Waals surface area contributed by atoms with Crippen molar-refractivity contribution in [2.45, 2.75) is 19.1 Å². The number of aromatic nitrogens is 2. The third-order valence-electron chi connectivity index (χ3n) is 3.75. The zero-order valence-corrected chi connectivity index (χ0v) is 13.3. The second-order valence-corrected chi connectivity index (χ2v) is 5.84. The number of imidazole rings is 1. The Kier molecular flexibility index (Phi) is 4.51. The van der Waals surface area contributed by atoms with E-state index in [1.54, 1.807) is 16.7 Å². The fourth-order valence-electron chi connectivity index (χ4n) is 2.63. The summed E-state index contributed by atoms with van der Waals surface area (Å²) < 4.78 is 40.3. The van der Waals surface area contributed by atoms with Crippen molar-refractivity contribution in [3.8, 4) is 0 Å². The minimum atomic E-state index is -4.41. The molecule has 24 heavy (non-hydrogen) atoms. The molecule has 0 bridgehead atoms. The van der Waals surface area contributed by atoms with Crippen LogP contribution in [0.5, 0.6) is 0 Å². The second-order valence-electron chi connectivity index (χ2n) is 5.41. The van der Waals surface area contributed by atoms with Crippen molar-refractivity contribution in [1.29, 1.82) is 0 Å². The SMILES string of the molecule is OCCn1c(Cc2ccc(Cl)cc2)nc2cc(C(F)(F)F)ccc21. The molecule has 7 heteroatoms. The summed E-state index contributed by atoms with van der Waals surface area (Å²) >= 11 is 5.86. The first kappa shape index (κ1) is 16.8. The Balaban J connectivity index is 2.05. The number of nitrogens with zero attached hydrogens (tertiary/aromatic N) is 2. The fourth-order valence-corrected chi connectivity index (χ4v) is 2.75. The van der Waals surface area contributed by atoms with Crippen LogP contribution in [-0.4, -0.2) is 21.3 Å². The van der Waals surface area contributed by atoms with Crippen molar-refractivity contribution in [2.24, 2.45) is 0 Å². The van der Waals surface area contributed by atoms with Gasteiger partial charge in [0.15, 0.2) is 0 Å². The molecule has 3 rings (SSSR count). The lowest BCUT2D eigenvalue weighted by Gasteiger charge is -2.08. The highest BCUT2D eigenvalue weighted by Gasteiger charge is 2.31. The number of hydrogen-bond donors (Lipinski definition) is 1. The smallest absolute Gasteiger partial charge is 0.395 e. The summed E-state index contributed by atoms with van der Waals surface area (Å²) in [4.78, 5) is 4.34. The largest absolute Gasteiger partial charge is 0.416 e. The number of aliphatic hydroxyl groups is 1. The van der Waals surface area contributed by atoms with Gasteiger partial charge in [0.1, 0.15) is 5.82 Å². The van der Waals surface area contributed by atoms with Crippen LogP contribution in [0.3, 0.4) is 0 Å². The summed E-state index contributed by atoms with van der Waals surface area (Å²) in [5.74, 6) is 0.598. The first-order chi connectivity index (χ1) is 11.4. The van der Waals surface area contributed by atoms with E-state index in [9.17, 15) is 18.3 Å². The van der Waals surface area contributed by atoms with E-state index in [-0.39, 0.29) is 18.7 Å². The molecule has 0 unspecified atom stereocenters. The van der Waals surface area contributed by atoms with Gasteiger partial charge in [-0.3, -0.25) is 0 Å². The van der Waals surface area contributed by atoms with Gasteiger partial charge >= 0.3 is 6.18 Å². The molecular weight excluding hydrogens is 341 g/mol. The van der Waals surface area contributed by atoms with Crippen LogP contribution in [0.4, 0.5) is 13.2 Å². The Hall–Kier alpha value is -2.05. The predicted octanol–water partition coefficient (Wildman–Crippen LogP) is 4.29. The van der Waals surface area contributed by atoms with Crippen LogP contribution >= 0.6 is 11.6 Å². The zero-order chi connectivity index (χ0) is 17.3. The van der Waals surface area contributed by atoms with Gasteiger partial charge in [-0.05, 0) is 35.9 Å². The molecule has 1 heterocycles. The highest BCUT2D eigenvalue weighted by atomic mass is 35.5. The molecule has 0 fully saturated rings. The molecule has 0 spiro atoms. The maximum absolute atomic E-state index is 12.9. The van der Waals surface area contributed by atoms with Crippen molar-refractivity contribution in [3.63, 3.8) is 0 Å². The molecular formula is C17H14ClF3N2O. The first-order valence-corrected chi connectivity index (χ1v) is 7.68. The van der Waals surface area contributed by atoms with Crippen LogP contribution in [-0.2, 0) is 19.1 Å². The third kappa shape index (κ3) is 3.39. The Morgan fingerprint density at radius 3 is 2.42 bits per heavy atom. The number of benzene rings is 2. The minimum Gasteiger partial charge on any atom is -0.395 e. The van der Waals surface area contributed by atoms with E-state index in [0.717, 1.165) is 17.7 Å². The van der Waals surface area contributed by atoms with Crippen LogP contribution in [0.25, 0.3) is 11.0 Å². The molecule has 3 aromatic rings. The number of hydrogen-bond acceptors (Lipinski definition) is 2. The van der Waals surface area contributed by atoms with E-state index < -0.39 is 11.7 Å². The number of alkyl halides is 3. The zero-order valence-electron chi connectivity index (χ0n) is 12.5. The fraction of sp³-hybridized carbons (Fsp3) is 0.235. The Labute approximate surface area is 141 Å². The van der Waals surface area contributed by atoms with Gasteiger partial charge in [-0.1, -0.05) is 23.7 Å². The lowest BCUT2D eigenvalue weighted by atomic mass is 10.1. The minimum absolute atomic E-state index is 0.125. The quantitative estimate of drug-likeness (QED) is 0.759. The summed E-state index contributed by atoms with van der Waals surface area (Å²) in [6.07, 6.45) is -3.97. The van der Waals surface area contributed by atoms with Gasteiger partial charge in [0.25, 0.3) is 0 Å². The Morgan fingerprint density at radius 1 is 1.08 bits per heavy atom. The van der Waals surface area contributed by atoms with Gasteiger partial charge in [0.2, 0.25) is 0 Å². The molecule has 126 valence electrons. The molecule has 0 aliphatic carbocycles. The maximum Gasteiger partial charge on any atom is 0.416 e. The normalized spacial score (nSPS) is 12.0. The van der Waals surface area contributed by atoms with Gasteiger partial charge in [-0.25, -0.2) is 4.98 Å². The summed E-state index contributed by atoms with van der Waals surface area (Å²) in [5.41, 5.74) is 1.04. The molecule has 1 aromatic heterocycles. The van der Waals surface area contributed by atoms with Crippen molar-refractivity contribution in [2.75, 3.05) is 6.61 Å². The van der Waals surface area contributed by atoms with E-state index in [2.05, 4.69) is 4.98 Å². The molecule has 0 saturated heterocycles. The van der Waals surface area contributed by atoms with Crippen LogP contribution in [0, 0.1) is 0 Å². The second kappa shape index (κ2) is 6.45. The van der Waals surface area contributed by atoms with Crippen molar-refractivity contribution >= 4 is 22.6 Å². The van der Waals surface area contributed by atoms with Gasteiger partial charge in [-0.15, -0.1) is 0 Å². The van der Waals surface area contributed by atoms with Gasteiger partial charge in [-0.2, -0.15) is 13.2 Å². The lowest BCUT2D eigenvalue weighted by molar-refractivity contribution is -0.137. The van der Waals surface area contributed by atoms with Crippen molar-refractivity contribution < 1.29 is 18.3 Å². The van der Waals surface area contributed by atoms with Crippen LogP contribution in [0.15, 0.2) is 42.5 Å². The summed E-state index contributed by atoms with van der Waals surface area (Å²) in [7, 11) is 0. The van der Waals surface area contributed by atoms with E-state index in [1.165, 1.54) is 6.07 Å². The number of fused-ring (bicyclic) bond motifs is 1. The number of halogens is 4. The molecule has 0 saturated carbocycles. The van der Waals surface area contributed by atoms with Crippen LogP contribution in [0.1, 0.15) is 17.0 Å². The molecule has 3 nitrogen and oxygen atoms in total.